The molecule has 0 heterocycles. The number of ether oxygens (including phenoxy) is 2. The Labute approximate surface area is 146 Å². The maximum atomic E-state index is 13.0. The van der Waals surface area contributed by atoms with E-state index >= 15 is 0 Å². The molecular weight excluding hydrogens is 389 g/mol. The molecule has 2 aromatic carbocycles. The van der Waals surface area contributed by atoms with Crippen molar-refractivity contribution < 1.29 is 18.7 Å². The molecule has 2 aromatic rings. The van der Waals surface area contributed by atoms with E-state index in [4.69, 9.17) is 21.1 Å². The van der Waals surface area contributed by atoms with Crippen molar-refractivity contribution in [2.45, 2.75) is 6.92 Å². The number of anilines is 1. The van der Waals surface area contributed by atoms with E-state index in [0.29, 0.717) is 26.7 Å². The number of carbonyl (C=O) groups excluding carboxylic acids is 1. The van der Waals surface area contributed by atoms with E-state index in [1.165, 1.54) is 25.3 Å². The number of benzene rings is 2. The van der Waals surface area contributed by atoms with E-state index in [2.05, 4.69) is 21.2 Å². The van der Waals surface area contributed by atoms with Crippen molar-refractivity contribution >= 4 is 39.1 Å². The topological polar surface area (TPSA) is 47.6 Å². The Morgan fingerprint density at radius 2 is 2.04 bits per heavy atom. The van der Waals surface area contributed by atoms with Crippen molar-refractivity contribution in [1.82, 2.24) is 0 Å². The molecular formula is C16H14BrClFNO3. The van der Waals surface area contributed by atoms with Crippen LogP contribution >= 0.6 is 27.5 Å². The first-order valence-electron chi connectivity index (χ1n) is 6.62. The molecule has 4 nitrogen and oxygen atoms in total. The minimum atomic E-state index is -0.393. The van der Waals surface area contributed by atoms with E-state index in [1.807, 2.05) is 6.92 Å². The number of hydrogen-bond acceptors (Lipinski definition) is 3. The van der Waals surface area contributed by atoms with Crippen LogP contribution in [0.15, 0.2) is 34.8 Å². The minimum Gasteiger partial charge on any atom is -0.495 e. The highest BCUT2D eigenvalue weighted by Gasteiger charge is 2.12. The minimum absolute atomic E-state index is 0.227. The quantitative estimate of drug-likeness (QED) is 0.796. The fourth-order valence-electron chi connectivity index (χ4n) is 1.85. The van der Waals surface area contributed by atoms with E-state index in [0.717, 1.165) is 5.56 Å². The van der Waals surface area contributed by atoms with Crippen LogP contribution in [0.4, 0.5) is 10.1 Å². The van der Waals surface area contributed by atoms with E-state index in [-0.39, 0.29) is 12.5 Å². The molecule has 0 saturated heterocycles. The lowest BCUT2D eigenvalue weighted by molar-refractivity contribution is -0.118. The molecule has 0 radical (unpaired) electrons. The normalized spacial score (nSPS) is 10.3. The van der Waals surface area contributed by atoms with Crippen molar-refractivity contribution in [1.29, 1.82) is 0 Å². The maximum absolute atomic E-state index is 13.0. The lowest BCUT2D eigenvalue weighted by atomic mass is 10.2. The molecule has 1 amide bonds. The summed E-state index contributed by atoms with van der Waals surface area (Å²) in [6.07, 6.45) is 0. The summed E-state index contributed by atoms with van der Waals surface area (Å²) in [5, 5.41) is 3.24. The second-order valence-corrected chi connectivity index (χ2v) is 5.97. The van der Waals surface area contributed by atoms with Crippen LogP contribution in [0.25, 0.3) is 0 Å². The fraction of sp³-hybridized carbons (Fsp3) is 0.188. The third-order valence-electron chi connectivity index (χ3n) is 3.01. The van der Waals surface area contributed by atoms with Crippen LogP contribution in [0.5, 0.6) is 11.5 Å². The number of carbonyl (C=O) groups is 1. The Bertz CT molecular complexity index is 740. The second kappa shape index (κ2) is 7.66. The van der Waals surface area contributed by atoms with Gasteiger partial charge in [0.25, 0.3) is 5.91 Å². The van der Waals surface area contributed by atoms with Gasteiger partial charge in [-0.05, 0) is 52.7 Å². The molecule has 0 aromatic heterocycles. The number of aryl methyl sites for hydroxylation is 1. The summed E-state index contributed by atoms with van der Waals surface area (Å²) >= 11 is 9.19. The van der Waals surface area contributed by atoms with Gasteiger partial charge in [0.05, 0.1) is 17.3 Å². The van der Waals surface area contributed by atoms with Crippen LogP contribution in [-0.2, 0) is 4.79 Å². The largest absolute Gasteiger partial charge is 0.495 e. The third-order valence-corrected chi connectivity index (χ3v) is 4.03. The first-order chi connectivity index (χ1) is 10.9. The Hall–Kier alpha value is -1.79. The molecule has 122 valence electrons. The van der Waals surface area contributed by atoms with Crippen LogP contribution < -0.4 is 14.8 Å². The number of nitrogens with one attached hydrogen (secondary N) is 1. The Morgan fingerprint density at radius 1 is 1.30 bits per heavy atom. The van der Waals surface area contributed by atoms with E-state index in [1.54, 1.807) is 12.1 Å². The van der Waals surface area contributed by atoms with Gasteiger partial charge in [-0.2, -0.15) is 0 Å². The van der Waals surface area contributed by atoms with Gasteiger partial charge in [0.2, 0.25) is 0 Å². The van der Waals surface area contributed by atoms with Gasteiger partial charge in [0, 0.05) is 11.1 Å². The molecule has 0 bridgehead atoms. The molecule has 2 rings (SSSR count). The van der Waals surface area contributed by atoms with Crippen molar-refractivity contribution in [2.24, 2.45) is 0 Å². The average molecular weight is 403 g/mol. The van der Waals surface area contributed by atoms with Crippen LogP contribution in [0.2, 0.25) is 5.02 Å². The predicted molar refractivity (Wildman–Crippen MR) is 91.0 cm³/mol. The number of rotatable bonds is 5. The lowest BCUT2D eigenvalue weighted by Crippen LogP contribution is -2.20. The van der Waals surface area contributed by atoms with Crippen LogP contribution in [0, 0.1) is 12.7 Å². The first kappa shape index (κ1) is 17.6. The van der Waals surface area contributed by atoms with Crippen molar-refractivity contribution in [3.8, 4) is 11.5 Å². The number of halogens is 3. The molecule has 0 aliphatic rings. The molecule has 0 spiro atoms. The molecule has 7 heteroatoms. The zero-order valence-electron chi connectivity index (χ0n) is 12.5. The zero-order chi connectivity index (χ0) is 17.0. The SMILES string of the molecule is COc1cc(Cl)c(C)cc1NC(=O)COc1ccc(F)cc1Br. The summed E-state index contributed by atoms with van der Waals surface area (Å²) in [7, 11) is 1.49. The predicted octanol–water partition coefficient (Wildman–Crippen LogP) is 4.58. The maximum Gasteiger partial charge on any atom is 0.262 e. The van der Waals surface area contributed by atoms with Gasteiger partial charge in [0.1, 0.15) is 17.3 Å². The highest BCUT2D eigenvalue weighted by Crippen LogP contribution is 2.31. The van der Waals surface area contributed by atoms with Crippen LogP contribution in [0.1, 0.15) is 5.56 Å². The number of methoxy groups -OCH3 is 1. The Kier molecular flexibility index (Phi) is 5.85. The van der Waals surface area contributed by atoms with Crippen molar-refractivity contribution in [3.05, 3.63) is 51.2 Å². The molecule has 23 heavy (non-hydrogen) atoms. The van der Waals surface area contributed by atoms with Crippen molar-refractivity contribution in [3.63, 3.8) is 0 Å². The van der Waals surface area contributed by atoms with Gasteiger partial charge >= 0.3 is 0 Å². The lowest BCUT2D eigenvalue weighted by Gasteiger charge is -2.13. The zero-order valence-corrected chi connectivity index (χ0v) is 14.8. The molecule has 0 saturated carbocycles. The summed E-state index contributed by atoms with van der Waals surface area (Å²) in [6.45, 7) is 1.60. The van der Waals surface area contributed by atoms with Gasteiger partial charge in [-0.1, -0.05) is 11.6 Å². The summed E-state index contributed by atoms with van der Waals surface area (Å²) in [6, 6.07) is 7.30. The van der Waals surface area contributed by atoms with Crippen LogP contribution in [-0.4, -0.2) is 19.6 Å². The fourth-order valence-corrected chi connectivity index (χ4v) is 2.47. The highest BCUT2D eigenvalue weighted by atomic mass is 79.9. The first-order valence-corrected chi connectivity index (χ1v) is 7.79. The highest BCUT2D eigenvalue weighted by molar-refractivity contribution is 9.10. The smallest absolute Gasteiger partial charge is 0.262 e. The Balaban J connectivity index is 2.04. The molecule has 0 aliphatic heterocycles. The van der Waals surface area contributed by atoms with Gasteiger partial charge in [-0.15, -0.1) is 0 Å². The van der Waals surface area contributed by atoms with E-state index < -0.39 is 5.82 Å². The molecule has 0 fully saturated rings. The van der Waals surface area contributed by atoms with Gasteiger partial charge in [-0.3, -0.25) is 4.79 Å². The Morgan fingerprint density at radius 3 is 2.70 bits per heavy atom. The molecule has 0 unspecified atom stereocenters. The summed E-state index contributed by atoms with van der Waals surface area (Å²) in [5.74, 6) is 0.0639. The average Bonchev–Trinajstić information content (AvgIpc) is 2.49. The standard InChI is InChI=1S/C16H14BrClFNO3/c1-9-5-13(15(22-2)7-12(9)18)20-16(21)8-23-14-4-3-10(19)6-11(14)17/h3-7H,8H2,1-2H3,(H,20,21). The van der Waals surface area contributed by atoms with Crippen molar-refractivity contribution in [2.75, 3.05) is 19.0 Å². The van der Waals surface area contributed by atoms with Gasteiger partial charge < -0.3 is 14.8 Å². The number of hydrogen-bond donors (Lipinski definition) is 1. The molecule has 0 atom stereocenters. The second-order valence-electron chi connectivity index (χ2n) is 4.71. The summed E-state index contributed by atoms with van der Waals surface area (Å²) in [5.41, 5.74) is 1.31. The molecule has 1 N–H and O–H groups in total. The van der Waals surface area contributed by atoms with E-state index in [9.17, 15) is 9.18 Å². The third kappa shape index (κ3) is 4.59. The van der Waals surface area contributed by atoms with Crippen LogP contribution in [0.3, 0.4) is 0 Å². The monoisotopic (exact) mass is 401 g/mol. The van der Waals surface area contributed by atoms with Gasteiger partial charge in [-0.25, -0.2) is 4.39 Å². The summed E-state index contributed by atoms with van der Waals surface area (Å²) in [4.78, 5) is 12.0. The number of amides is 1. The van der Waals surface area contributed by atoms with Gasteiger partial charge in [0.15, 0.2) is 6.61 Å². The molecule has 0 aliphatic carbocycles. The summed E-state index contributed by atoms with van der Waals surface area (Å²) < 4.78 is 24.0.